The normalized spacial score (nSPS) is 18.9. The van der Waals surface area contributed by atoms with E-state index in [4.69, 9.17) is 0 Å². The molecule has 0 saturated heterocycles. The molecule has 53 heavy (non-hydrogen) atoms. The minimum atomic E-state index is -0.817. The van der Waals surface area contributed by atoms with E-state index < -0.39 is 23.3 Å². The van der Waals surface area contributed by atoms with Gasteiger partial charge in [-0.25, -0.2) is 47.5 Å². The van der Waals surface area contributed by atoms with Gasteiger partial charge in [-0.15, -0.1) is 0 Å². The van der Waals surface area contributed by atoms with E-state index >= 15 is 0 Å². The number of benzene rings is 2. The second-order valence-electron chi connectivity index (χ2n) is 13.2. The fourth-order valence-corrected chi connectivity index (χ4v) is 7.53. The van der Waals surface area contributed by atoms with Gasteiger partial charge < -0.3 is 19.8 Å². The summed E-state index contributed by atoms with van der Waals surface area (Å²) in [5, 5.41) is 8.30. The van der Waals surface area contributed by atoms with E-state index in [-0.39, 0.29) is 23.9 Å². The van der Waals surface area contributed by atoms with Gasteiger partial charge in [-0.1, -0.05) is 49.5 Å². The highest BCUT2D eigenvalue weighted by atomic mass is 32.2. The molecule has 278 valence electrons. The van der Waals surface area contributed by atoms with Crippen LogP contribution in [-0.4, -0.2) is 62.6 Å². The van der Waals surface area contributed by atoms with Crippen molar-refractivity contribution in [3.8, 4) is 0 Å². The third-order valence-electron chi connectivity index (χ3n) is 9.16. The van der Waals surface area contributed by atoms with Crippen molar-refractivity contribution in [2.24, 2.45) is 7.05 Å². The van der Waals surface area contributed by atoms with E-state index in [1.807, 2.05) is 16.2 Å². The van der Waals surface area contributed by atoms with Crippen LogP contribution in [0.1, 0.15) is 69.4 Å². The Bertz CT molecular complexity index is 2250. The minimum absolute atomic E-state index is 0.128. The predicted octanol–water partition coefficient (Wildman–Crippen LogP) is 8.71. The number of nitrogens with zero attached hydrogens (tertiary/aromatic N) is 8. The summed E-state index contributed by atoms with van der Waals surface area (Å²) in [4.78, 5) is 27.4. The van der Waals surface area contributed by atoms with Crippen LogP contribution in [0.15, 0.2) is 59.4 Å². The monoisotopic (exact) mass is 764 g/mol. The maximum Gasteiger partial charge on any atom is 0.191 e. The molecule has 2 aliphatic carbocycles. The Hall–Kier alpha value is -4.44. The van der Waals surface area contributed by atoms with Gasteiger partial charge in [-0.2, -0.15) is 0 Å². The van der Waals surface area contributed by atoms with Crippen LogP contribution in [0.5, 0.6) is 0 Å². The molecule has 0 bridgehead atoms. The van der Waals surface area contributed by atoms with E-state index in [2.05, 4.69) is 61.3 Å². The van der Waals surface area contributed by atoms with Crippen molar-refractivity contribution < 1.29 is 17.6 Å². The van der Waals surface area contributed by atoms with Gasteiger partial charge in [0.05, 0.1) is 12.7 Å². The molecule has 8 rings (SSSR count). The standard InChI is InChI=1S/C19H21F2N5S.C18H19F2N5S/c1-3-7-27-19-24-17(16-18(25-19)26(4-2)10-22-16)23-15-9-12(15)11-5-6-13(20)14(21)8-11;1-3-6-26-18-23-16(15-17(24-18)25(2)9-21-15)22-14-8-11(14)10-4-5-12(19)13(20)7-10/h5-6,8,10,12,15H,3-4,7,9H2,1-2H3,(H,23,24,25);4-5,7,9,11,14H,3,6,8H2,1-2H3,(H,22,23,24)/t12-,15+;11-,14+/m00/s1. The molecule has 6 aromatic rings. The van der Waals surface area contributed by atoms with E-state index in [0.29, 0.717) is 11.6 Å². The third-order valence-corrected chi connectivity index (χ3v) is 11.3. The van der Waals surface area contributed by atoms with E-state index in [0.717, 1.165) is 87.5 Å². The predicted molar refractivity (Wildman–Crippen MR) is 202 cm³/mol. The first-order valence-corrected chi connectivity index (χ1v) is 19.7. The van der Waals surface area contributed by atoms with Crippen molar-refractivity contribution in [1.82, 2.24) is 39.0 Å². The number of thioether (sulfide) groups is 2. The van der Waals surface area contributed by atoms with Crippen molar-refractivity contribution in [2.45, 2.75) is 87.2 Å². The van der Waals surface area contributed by atoms with E-state index in [1.54, 1.807) is 48.3 Å². The number of fused-ring (bicyclic) bond motifs is 2. The van der Waals surface area contributed by atoms with Crippen molar-refractivity contribution in [3.05, 3.63) is 83.4 Å². The molecule has 2 saturated carbocycles. The van der Waals surface area contributed by atoms with E-state index in [9.17, 15) is 17.6 Å². The van der Waals surface area contributed by atoms with Crippen LogP contribution >= 0.6 is 23.5 Å². The lowest BCUT2D eigenvalue weighted by atomic mass is 10.1. The van der Waals surface area contributed by atoms with Crippen LogP contribution in [0, 0.1) is 23.3 Å². The fourth-order valence-electron chi connectivity index (χ4n) is 6.14. The molecule has 4 aromatic heterocycles. The third kappa shape index (κ3) is 8.22. The molecule has 16 heteroatoms. The highest BCUT2D eigenvalue weighted by molar-refractivity contribution is 7.99. The molecule has 10 nitrogen and oxygen atoms in total. The first-order chi connectivity index (χ1) is 25.7. The largest absolute Gasteiger partial charge is 0.365 e. The van der Waals surface area contributed by atoms with Gasteiger partial charge >= 0.3 is 0 Å². The Morgan fingerprint density at radius 3 is 1.64 bits per heavy atom. The SMILES string of the molecule is CCCSc1nc(N[C@@H]2C[C@H]2c2ccc(F)c(F)c2)c2ncn(C)c2n1.CCCSc1nc(N[C@@H]2C[C@H]2c2ccc(F)c(F)c2)c2ncn(CC)c2n1. The van der Waals surface area contributed by atoms with Crippen LogP contribution in [0.2, 0.25) is 0 Å². The number of aryl methyl sites for hydroxylation is 2. The van der Waals surface area contributed by atoms with Gasteiger partial charge in [-0.05, 0) is 68.0 Å². The number of halogens is 4. The molecule has 2 aromatic carbocycles. The van der Waals surface area contributed by atoms with Crippen LogP contribution in [-0.2, 0) is 13.6 Å². The van der Waals surface area contributed by atoms with Crippen molar-refractivity contribution in [3.63, 3.8) is 0 Å². The smallest absolute Gasteiger partial charge is 0.191 e. The highest BCUT2D eigenvalue weighted by Crippen LogP contribution is 2.45. The molecule has 4 atom stereocenters. The first kappa shape index (κ1) is 36.9. The molecule has 0 aliphatic heterocycles. The van der Waals surface area contributed by atoms with Gasteiger partial charge in [0.2, 0.25) is 0 Å². The van der Waals surface area contributed by atoms with Gasteiger partial charge in [-0.3, -0.25) is 0 Å². The van der Waals surface area contributed by atoms with Crippen molar-refractivity contribution in [2.75, 3.05) is 22.1 Å². The average molecular weight is 765 g/mol. The van der Waals surface area contributed by atoms with Crippen molar-refractivity contribution in [1.29, 1.82) is 0 Å². The summed E-state index contributed by atoms with van der Waals surface area (Å²) in [5.74, 6) is 0.353. The van der Waals surface area contributed by atoms with E-state index in [1.165, 1.54) is 24.3 Å². The lowest BCUT2D eigenvalue weighted by Gasteiger charge is -2.09. The second kappa shape index (κ2) is 15.9. The summed E-state index contributed by atoms with van der Waals surface area (Å²) in [6, 6.07) is 8.48. The zero-order chi connectivity index (χ0) is 37.2. The van der Waals surface area contributed by atoms with Gasteiger partial charge in [0.25, 0.3) is 0 Å². The average Bonchev–Trinajstić information content (AvgIpc) is 4.02. The Morgan fingerprint density at radius 1 is 0.660 bits per heavy atom. The molecule has 2 N–H and O–H groups in total. The Morgan fingerprint density at radius 2 is 1.15 bits per heavy atom. The topological polar surface area (TPSA) is 111 Å². The number of anilines is 2. The Labute approximate surface area is 313 Å². The molecule has 0 amide bonds. The van der Waals surface area contributed by atoms with Crippen LogP contribution in [0.25, 0.3) is 22.3 Å². The summed E-state index contributed by atoms with van der Waals surface area (Å²) in [5.41, 5.74) is 4.67. The van der Waals surface area contributed by atoms with Crippen molar-refractivity contribution >= 4 is 57.5 Å². The summed E-state index contributed by atoms with van der Waals surface area (Å²) in [6.07, 6.45) is 7.28. The Kier molecular flexibility index (Phi) is 11.1. The molecule has 0 spiro atoms. The summed E-state index contributed by atoms with van der Waals surface area (Å²) in [7, 11) is 1.90. The lowest BCUT2D eigenvalue weighted by molar-refractivity contribution is 0.507. The van der Waals surface area contributed by atoms with Gasteiger partial charge in [0.1, 0.15) is 0 Å². The van der Waals surface area contributed by atoms with Gasteiger partial charge in [0.15, 0.2) is 67.5 Å². The molecule has 2 fully saturated rings. The first-order valence-electron chi connectivity index (χ1n) is 17.8. The Balaban J connectivity index is 0.000000164. The quantitative estimate of drug-likeness (QED) is 0.0673. The second-order valence-corrected chi connectivity index (χ2v) is 15.3. The fraction of sp³-hybridized carbons (Fsp3) is 0.405. The number of aromatic nitrogens is 8. The lowest BCUT2D eigenvalue weighted by Crippen LogP contribution is -2.08. The molecule has 4 heterocycles. The van der Waals surface area contributed by atoms with Crippen LogP contribution < -0.4 is 10.6 Å². The molecule has 2 aliphatic rings. The maximum atomic E-state index is 13.5. The summed E-state index contributed by atoms with van der Waals surface area (Å²) >= 11 is 3.24. The number of nitrogens with one attached hydrogen (secondary N) is 2. The maximum absolute atomic E-state index is 13.5. The summed E-state index contributed by atoms with van der Waals surface area (Å²) in [6.45, 7) is 7.07. The highest BCUT2D eigenvalue weighted by Gasteiger charge is 2.40. The zero-order valence-electron chi connectivity index (χ0n) is 29.8. The number of rotatable bonds is 13. The number of hydrogen-bond acceptors (Lipinski definition) is 10. The van der Waals surface area contributed by atoms with Gasteiger partial charge in [0, 0.05) is 49.0 Å². The number of imidazole rings is 2. The molecule has 0 radical (unpaired) electrons. The molecule has 0 unspecified atom stereocenters. The van der Waals surface area contributed by atoms with Crippen LogP contribution in [0.3, 0.4) is 0 Å². The number of hydrogen-bond donors (Lipinski definition) is 2. The molecular weight excluding hydrogens is 725 g/mol. The molecular formula is C37H40F4N10S2. The zero-order valence-corrected chi connectivity index (χ0v) is 31.4. The summed E-state index contributed by atoms with van der Waals surface area (Å²) < 4.78 is 57.1. The minimum Gasteiger partial charge on any atom is -0.365 e. The van der Waals surface area contributed by atoms with Crippen LogP contribution in [0.4, 0.5) is 29.2 Å².